The normalized spacial score (nSPS) is 10.9. The molecule has 0 rings (SSSR count). The van der Waals surface area contributed by atoms with Gasteiger partial charge in [-0.05, 0) is 0 Å². The van der Waals surface area contributed by atoms with Crippen molar-refractivity contribution in [1.82, 2.24) is 0 Å². The van der Waals surface area contributed by atoms with Crippen molar-refractivity contribution < 1.29 is 35.1 Å². The second-order valence-electron chi connectivity index (χ2n) is 1.63. The lowest BCUT2D eigenvalue weighted by atomic mass is 10.6. The summed E-state index contributed by atoms with van der Waals surface area (Å²) in [5.74, 6) is -1.99. The summed E-state index contributed by atoms with van der Waals surface area (Å²) < 4.78 is 85.9. The van der Waals surface area contributed by atoms with E-state index in [0.29, 0.717) is 0 Å². The molecule has 0 atom stereocenters. The lowest BCUT2D eigenvalue weighted by Gasteiger charge is -1.92. The van der Waals surface area contributed by atoms with E-state index >= 15 is 0 Å². The van der Waals surface area contributed by atoms with Gasteiger partial charge in [0.15, 0.2) is 5.83 Å². The molecule has 0 nitrogen and oxygen atoms in total. The van der Waals surface area contributed by atoms with Crippen molar-refractivity contribution in [2.24, 2.45) is 0 Å². The quantitative estimate of drug-likeness (QED) is 0.593. The van der Waals surface area contributed by atoms with Crippen molar-refractivity contribution in [1.29, 1.82) is 0 Å². The number of hydrogen-bond acceptors (Lipinski definition) is 0. The molecule has 84 valence electrons. The van der Waals surface area contributed by atoms with Gasteiger partial charge in [0.1, 0.15) is 6.67 Å². The van der Waals surface area contributed by atoms with Gasteiger partial charge in [0.05, 0.1) is 6.33 Å². The third-order valence-electron chi connectivity index (χ3n) is 0.574. The van der Waals surface area contributed by atoms with E-state index in [0.717, 1.165) is 0 Å². The highest BCUT2D eigenvalue weighted by molar-refractivity contribution is 4.90. The minimum absolute atomic E-state index is 0.479. The number of allylic oxidation sites excluding steroid dienone is 2. The zero-order valence-corrected chi connectivity index (χ0v) is 6.39. The maximum Gasteiger partial charge on any atom is 0.411 e. The van der Waals surface area contributed by atoms with Crippen molar-refractivity contribution in [3.8, 4) is 0 Å². The Labute approximate surface area is 73.5 Å². The highest BCUT2D eigenvalue weighted by Gasteiger charge is 2.21. The third kappa shape index (κ3) is 13.5. The van der Waals surface area contributed by atoms with Crippen molar-refractivity contribution in [2.75, 3.05) is 6.67 Å². The van der Waals surface area contributed by atoms with Crippen LogP contribution in [-0.2, 0) is 0 Å². The molecule has 0 amide bonds. The standard InChI is InChI=1S/2C3H2F4/c4-1-2(5)3(6)7;4-2-1-3(5,6)7/h1H2;1-2H. The summed E-state index contributed by atoms with van der Waals surface area (Å²) in [6.07, 6.45) is -8.11. The molecular weight excluding hydrogens is 224 g/mol. The maximum atomic E-state index is 11.0. The first-order chi connectivity index (χ1) is 6.24. The smallest absolute Gasteiger partial charge is 0.243 e. The van der Waals surface area contributed by atoms with Crippen molar-refractivity contribution in [2.45, 2.75) is 6.18 Å². The predicted octanol–water partition coefficient (Wildman–Crippen LogP) is 4.07. The van der Waals surface area contributed by atoms with Crippen molar-refractivity contribution in [3.05, 3.63) is 24.3 Å². The van der Waals surface area contributed by atoms with Crippen LogP contribution in [0.1, 0.15) is 0 Å². The van der Waals surface area contributed by atoms with Crippen molar-refractivity contribution in [3.63, 3.8) is 0 Å². The fourth-order valence-electron chi connectivity index (χ4n) is 0.122. The fourth-order valence-corrected chi connectivity index (χ4v) is 0.122. The second kappa shape index (κ2) is 7.34. The minimum atomic E-state index is -4.51. The van der Waals surface area contributed by atoms with Crippen LogP contribution in [0.25, 0.3) is 0 Å². The van der Waals surface area contributed by atoms with Gasteiger partial charge in [0, 0.05) is 6.08 Å². The lowest BCUT2D eigenvalue weighted by Crippen LogP contribution is -1.99. The molecule has 0 aliphatic carbocycles. The van der Waals surface area contributed by atoms with Crippen LogP contribution in [0.15, 0.2) is 24.3 Å². The number of halogens is 8. The molecule has 14 heavy (non-hydrogen) atoms. The Hall–Kier alpha value is -1.08. The van der Waals surface area contributed by atoms with E-state index < -0.39 is 37.2 Å². The van der Waals surface area contributed by atoms with E-state index in [1.54, 1.807) is 0 Å². The van der Waals surface area contributed by atoms with E-state index in [1.807, 2.05) is 0 Å². The van der Waals surface area contributed by atoms with Gasteiger partial charge in [-0.1, -0.05) is 0 Å². The Morgan fingerprint density at radius 1 is 1.07 bits per heavy atom. The Morgan fingerprint density at radius 2 is 1.50 bits per heavy atom. The molecule has 0 saturated carbocycles. The van der Waals surface area contributed by atoms with Gasteiger partial charge in [-0.15, -0.1) is 0 Å². The zero-order chi connectivity index (χ0) is 11.8. The van der Waals surface area contributed by atoms with Crippen LogP contribution in [0, 0.1) is 0 Å². The molecule has 0 aromatic carbocycles. The average molecular weight is 228 g/mol. The van der Waals surface area contributed by atoms with Gasteiger partial charge >= 0.3 is 12.3 Å². The van der Waals surface area contributed by atoms with E-state index in [1.165, 1.54) is 0 Å². The van der Waals surface area contributed by atoms with Crippen LogP contribution in [0.4, 0.5) is 35.1 Å². The molecule has 0 bridgehead atoms. The molecule has 0 saturated heterocycles. The number of hydrogen-bond donors (Lipinski definition) is 0. The molecule has 0 unspecified atom stereocenters. The number of alkyl halides is 4. The fraction of sp³-hybridized carbons (Fsp3) is 0.333. The Bertz CT molecular complexity index is 196. The molecule has 0 heterocycles. The van der Waals surface area contributed by atoms with Crippen LogP contribution < -0.4 is 0 Å². The third-order valence-corrected chi connectivity index (χ3v) is 0.574. The topological polar surface area (TPSA) is 0 Å². The predicted molar refractivity (Wildman–Crippen MR) is 32.6 cm³/mol. The monoisotopic (exact) mass is 228 g/mol. The minimum Gasteiger partial charge on any atom is -0.243 e. The Morgan fingerprint density at radius 3 is 1.50 bits per heavy atom. The SMILES string of the molecule is FC=CC(F)(F)F.FCC(F)=C(F)F. The van der Waals surface area contributed by atoms with Crippen LogP contribution in [0.3, 0.4) is 0 Å². The molecule has 0 aromatic rings. The molecule has 0 spiro atoms. The highest BCUT2D eigenvalue weighted by Crippen LogP contribution is 2.15. The van der Waals surface area contributed by atoms with Gasteiger partial charge in [0.25, 0.3) is 0 Å². The van der Waals surface area contributed by atoms with Crippen LogP contribution in [0.5, 0.6) is 0 Å². The number of rotatable bonds is 1. The van der Waals surface area contributed by atoms with Gasteiger partial charge in [-0.25, -0.2) is 13.2 Å². The van der Waals surface area contributed by atoms with Crippen LogP contribution in [-0.4, -0.2) is 12.9 Å². The summed E-state index contributed by atoms with van der Waals surface area (Å²) in [6.45, 7) is -1.72. The van der Waals surface area contributed by atoms with Crippen LogP contribution >= 0.6 is 0 Å². The average Bonchev–Trinajstić information content (AvgIpc) is 2.01. The summed E-state index contributed by atoms with van der Waals surface area (Å²) in [7, 11) is 0. The first kappa shape index (κ1) is 15.4. The maximum absolute atomic E-state index is 11.0. The van der Waals surface area contributed by atoms with Crippen molar-refractivity contribution >= 4 is 0 Å². The van der Waals surface area contributed by atoms with E-state index in [-0.39, 0.29) is 0 Å². The summed E-state index contributed by atoms with van der Waals surface area (Å²) >= 11 is 0. The first-order valence-electron chi connectivity index (χ1n) is 2.84. The highest BCUT2D eigenvalue weighted by atomic mass is 19.4. The van der Waals surface area contributed by atoms with Gasteiger partial charge in [-0.2, -0.15) is 22.0 Å². The second-order valence-corrected chi connectivity index (χ2v) is 1.63. The lowest BCUT2D eigenvalue weighted by molar-refractivity contribution is -0.0805. The largest absolute Gasteiger partial charge is 0.411 e. The summed E-state index contributed by atoms with van der Waals surface area (Å²) in [5.41, 5.74) is 0. The molecule has 0 aliphatic heterocycles. The van der Waals surface area contributed by atoms with Gasteiger partial charge in [0.2, 0.25) is 0 Å². The Balaban J connectivity index is 0. The molecule has 0 fully saturated rings. The molecule has 0 aliphatic rings. The molecule has 0 radical (unpaired) electrons. The summed E-state index contributed by atoms with van der Waals surface area (Å²) in [4.78, 5) is 0. The molecule has 0 aromatic heterocycles. The van der Waals surface area contributed by atoms with E-state index in [2.05, 4.69) is 0 Å². The van der Waals surface area contributed by atoms with Crippen LogP contribution in [0.2, 0.25) is 0 Å². The zero-order valence-electron chi connectivity index (χ0n) is 6.39. The molecule has 0 N–H and O–H groups in total. The summed E-state index contributed by atoms with van der Waals surface area (Å²) in [6, 6.07) is 0. The van der Waals surface area contributed by atoms with Gasteiger partial charge in [-0.3, -0.25) is 0 Å². The van der Waals surface area contributed by atoms with Gasteiger partial charge < -0.3 is 0 Å². The van der Waals surface area contributed by atoms with E-state index in [9.17, 15) is 35.1 Å². The molecule has 8 heteroatoms. The Kier molecular flexibility index (Phi) is 8.07. The first-order valence-corrected chi connectivity index (χ1v) is 2.84. The molecular formula is C6H4F8. The van der Waals surface area contributed by atoms with E-state index in [4.69, 9.17) is 0 Å². The summed E-state index contributed by atoms with van der Waals surface area (Å²) in [5, 5.41) is 0.